The second kappa shape index (κ2) is 6.47. The number of aryl methyl sites for hydroxylation is 4. The number of nitrogens with zero attached hydrogens (tertiary/aromatic N) is 4. The van der Waals surface area contributed by atoms with Crippen LogP contribution >= 0.6 is 0 Å². The Morgan fingerprint density at radius 1 is 0.559 bits per heavy atom. The third-order valence-electron chi connectivity index (χ3n) is 6.52. The number of anilines is 2. The molecule has 0 fully saturated rings. The van der Waals surface area contributed by atoms with Gasteiger partial charge in [-0.1, -0.05) is 0 Å². The Bertz CT molecular complexity index is 1410. The van der Waals surface area contributed by atoms with Gasteiger partial charge in [0, 0.05) is 33.0 Å². The van der Waals surface area contributed by atoms with Crippen LogP contribution in [0.3, 0.4) is 0 Å². The maximum absolute atomic E-state index is 13.5. The second-order valence-corrected chi connectivity index (χ2v) is 8.53. The first-order chi connectivity index (χ1) is 16.2. The van der Waals surface area contributed by atoms with Gasteiger partial charge in [-0.2, -0.15) is 10.2 Å². The molecule has 0 aliphatic carbocycles. The molecule has 4 heterocycles. The number of amides is 4. The summed E-state index contributed by atoms with van der Waals surface area (Å²) in [6.45, 7) is 6.89. The van der Waals surface area contributed by atoms with E-state index >= 15 is 0 Å². The van der Waals surface area contributed by atoms with E-state index in [1.807, 2.05) is 0 Å². The maximum atomic E-state index is 13.5. The molecule has 10 nitrogen and oxygen atoms in total. The molecule has 6 rings (SSSR count). The molecule has 0 spiro atoms. The van der Waals surface area contributed by atoms with E-state index in [2.05, 4.69) is 20.4 Å². The number of imide groups is 2. The molecule has 0 atom stereocenters. The first-order valence-corrected chi connectivity index (χ1v) is 10.6. The van der Waals surface area contributed by atoms with Crippen molar-refractivity contribution in [3.05, 3.63) is 69.3 Å². The standard InChI is InChI=1S/C24H18N6O4/c1-9-19(10(2)26-25-9)29-21(31)13-5-7-15-18-16(8-6-14(17(13)18)22(29)32)24(34)30(23(15)33)20-11(3)27-28-12(20)4/h5-8H,1-4H3,(H,25,26)(H,27,28). The molecule has 10 heteroatoms. The minimum absolute atomic E-state index is 0.250. The molecule has 34 heavy (non-hydrogen) atoms. The molecule has 2 aromatic carbocycles. The first kappa shape index (κ1) is 20.0. The van der Waals surface area contributed by atoms with Crippen molar-refractivity contribution in [2.75, 3.05) is 9.80 Å². The highest BCUT2D eigenvalue weighted by Gasteiger charge is 2.42. The Morgan fingerprint density at radius 2 is 0.853 bits per heavy atom. The quantitative estimate of drug-likeness (QED) is 0.447. The monoisotopic (exact) mass is 454 g/mol. The molecular formula is C24H18N6O4. The zero-order valence-corrected chi connectivity index (χ0v) is 18.7. The number of benzene rings is 2. The highest BCUT2D eigenvalue weighted by Crippen LogP contribution is 2.41. The van der Waals surface area contributed by atoms with Gasteiger partial charge in [0.2, 0.25) is 0 Å². The predicted octanol–water partition coefficient (Wildman–Crippen LogP) is 3.12. The van der Waals surface area contributed by atoms with Crippen molar-refractivity contribution in [1.29, 1.82) is 0 Å². The first-order valence-electron chi connectivity index (χ1n) is 10.6. The van der Waals surface area contributed by atoms with Crippen LogP contribution in [0, 0.1) is 27.7 Å². The molecule has 2 aliphatic rings. The summed E-state index contributed by atoms with van der Waals surface area (Å²) in [5.74, 6) is -2.12. The highest BCUT2D eigenvalue weighted by molar-refractivity contribution is 6.42. The average molecular weight is 454 g/mol. The number of nitrogens with one attached hydrogen (secondary N) is 2. The molecule has 0 bridgehead atoms. The van der Waals surface area contributed by atoms with Crippen LogP contribution in [0.25, 0.3) is 10.8 Å². The van der Waals surface area contributed by atoms with Crippen LogP contribution < -0.4 is 9.80 Å². The zero-order chi connectivity index (χ0) is 24.0. The molecule has 2 aliphatic heterocycles. The van der Waals surface area contributed by atoms with Crippen molar-refractivity contribution < 1.29 is 19.2 Å². The molecule has 4 amide bonds. The van der Waals surface area contributed by atoms with Crippen LogP contribution in [-0.2, 0) is 0 Å². The summed E-state index contributed by atoms with van der Waals surface area (Å²) in [5.41, 5.74) is 4.00. The molecule has 2 N–H and O–H groups in total. The van der Waals surface area contributed by atoms with E-state index in [0.29, 0.717) is 44.9 Å². The minimum Gasteiger partial charge on any atom is -0.280 e. The number of carbonyl (C=O) groups is 4. The van der Waals surface area contributed by atoms with Gasteiger partial charge in [0.05, 0.1) is 34.2 Å². The summed E-state index contributed by atoms with van der Waals surface area (Å²) in [6.07, 6.45) is 0. The SMILES string of the molecule is Cc1n[nH]c(C)c1N1C(=O)c2ccc3c4c(ccc(c24)C1=O)C(=O)N(c1c(C)n[nH]c1C)C3=O. The van der Waals surface area contributed by atoms with Crippen LogP contribution in [0.4, 0.5) is 11.4 Å². The predicted molar refractivity (Wildman–Crippen MR) is 122 cm³/mol. The number of hydrogen-bond donors (Lipinski definition) is 2. The Balaban J connectivity index is 1.60. The average Bonchev–Trinajstić information content (AvgIpc) is 3.32. The summed E-state index contributed by atoms with van der Waals surface area (Å²) in [6, 6.07) is 6.16. The Labute approximate surface area is 192 Å². The molecule has 0 radical (unpaired) electrons. The van der Waals surface area contributed by atoms with Crippen LogP contribution in [0.2, 0.25) is 0 Å². The van der Waals surface area contributed by atoms with Crippen LogP contribution in [0.5, 0.6) is 0 Å². The van der Waals surface area contributed by atoms with Gasteiger partial charge < -0.3 is 0 Å². The summed E-state index contributed by atoms with van der Waals surface area (Å²) in [4.78, 5) is 56.3. The molecule has 0 unspecified atom stereocenters. The van der Waals surface area contributed by atoms with Gasteiger partial charge in [0.15, 0.2) is 0 Å². The zero-order valence-electron chi connectivity index (χ0n) is 18.7. The van der Waals surface area contributed by atoms with Crippen molar-refractivity contribution in [3.8, 4) is 0 Å². The number of H-pyrrole nitrogens is 2. The number of rotatable bonds is 2. The van der Waals surface area contributed by atoms with E-state index in [-0.39, 0.29) is 22.3 Å². The maximum Gasteiger partial charge on any atom is 0.266 e. The largest absolute Gasteiger partial charge is 0.280 e. The number of aromatic nitrogens is 4. The van der Waals surface area contributed by atoms with E-state index in [0.717, 1.165) is 9.80 Å². The molecule has 4 aromatic rings. The molecule has 168 valence electrons. The fourth-order valence-electron chi connectivity index (χ4n) is 5.03. The fraction of sp³-hybridized carbons (Fsp3) is 0.167. The topological polar surface area (TPSA) is 132 Å². The van der Waals surface area contributed by atoms with Gasteiger partial charge in [-0.15, -0.1) is 0 Å². The summed E-state index contributed by atoms with van der Waals surface area (Å²) >= 11 is 0. The Morgan fingerprint density at radius 3 is 1.09 bits per heavy atom. The van der Waals surface area contributed by atoms with Gasteiger partial charge >= 0.3 is 0 Å². The van der Waals surface area contributed by atoms with Crippen molar-refractivity contribution >= 4 is 45.8 Å². The van der Waals surface area contributed by atoms with Crippen LogP contribution in [0.15, 0.2) is 24.3 Å². The molecule has 0 saturated heterocycles. The lowest BCUT2D eigenvalue weighted by atomic mass is 9.85. The molecule has 0 saturated carbocycles. The number of carbonyl (C=O) groups excluding carboxylic acids is 4. The lowest BCUT2D eigenvalue weighted by molar-refractivity contribution is 0.0872. The molecular weight excluding hydrogens is 436 g/mol. The van der Waals surface area contributed by atoms with Crippen LogP contribution in [-0.4, -0.2) is 44.0 Å². The third-order valence-corrected chi connectivity index (χ3v) is 6.52. The lowest BCUT2D eigenvalue weighted by Crippen LogP contribution is -2.44. The van der Waals surface area contributed by atoms with Crippen LogP contribution in [0.1, 0.15) is 64.2 Å². The second-order valence-electron chi connectivity index (χ2n) is 8.53. The van der Waals surface area contributed by atoms with Crippen molar-refractivity contribution in [2.24, 2.45) is 0 Å². The van der Waals surface area contributed by atoms with Gasteiger partial charge in [0.1, 0.15) is 0 Å². The summed E-state index contributed by atoms with van der Waals surface area (Å²) < 4.78 is 0. The van der Waals surface area contributed by atoms with E-state index in [4.69, 9.17) is 0 Å². The summed E-state index contributed by atoms with van der Waals surface area (Å²) in [7, 11) is 0. The fourth-order valence-corrected chi connectivity index (χ4v) is 5.03. The Kier molecular flexibility index (Phi) is 3.81. The van der Waals surface area contributed by atoms with Gasteiger partial charge in [-0.05, 0) is 52.0 Å². The van der Waals surface area contributed by atoms with Gasteiger partial charge in [-0.25, -0.2) is 9.80 Å². The number of hydrogen-bond acceptors (Lipinski definition) is 6. The van der Waals surface area contributed by atoms with Crippen molar-refractivity contribution in [2.45, 2.75) is 27.7 Å². The number of aromatic amines is 2. The van der Waals surface area contributed by atoms with Gasteiger partial charge in [-0.3, -0.25) is 29.4 Å². The smallest absolute Gasteiger partial charge is 0.266 e. The van der Waals surface area contributed by atoms with Crippen molar-refractivity contribution in [3.63, 3.8) is 0 Å². The normalized spacial score (nSPS) is 15.2. The minimum atomic E-state index is -0.530. The summed E-state index contributed by atoms with van der Waals surface area (Å²) in [5, 5.41) is 14.5. The lowest BCUT2D eigenvalue weighted by Gasteiger charge is -2.32. The highest BCUT2D eigenvalue weighted by atomic mass is 16.2. The van der Waals surface area contributed by atoms with E-state index in [1.165, 1.54) is 0 Å². The Hall–Kier alpha value is -4.60. The third kappa shape index (κ3) is 2.29. The van der Waals surface area contributed by atoms with Gasteiger partial charge in [0.25, 0.3) is 23.6 Å². The van der Waals surface area contributed by atoms with E-state index in [1.54, 1.807) is 52.0 Å². The van der Waals surface area contributed by atoms with E-state index < -0.39 is 23.6 Å². The van der Waals surface area contributed by atoms with Crippen molar-refractivity contribution in [1.82, 2.24) is 20.4 Å². The van der Waals surface area contributed by atoms with E-state index in [9.17, 15) is 19.2 Å². The molecule has 2 aromatic heterocycles.